The summed E-state index contributed by atoms with van der Waals surface area (Å²) in [5.74, 6) is -0.0196. The molecule has 156 valence electrons. The minimum absolute atomic E-state index is 0.256. The van der Waals surface area contributed by atoms with Crippen LogP contribution in [0.3, 0.4) is 0 Å². The third-order valence-corrected chi connectivity index (χ3v) is 5.92. The van der Waals surface area contributed by atoms with Crippen molar-refractivity contribution in [2.45, 2.75) is 32.1 Å². The Morgan fingerprint density at radius 1 is 1.13 bits per heavy atom. The number of rotatable bonds is 4. The average molecular weight is 411 g/mol. The van der Waals surface area contributed by atoms with Crippen molar-refractivity contribution in [3.8, 4) is 17.2 Å². The van der Waals surface area contributed by atoms with E-state index in [1.54, 1.807) is 12.3 Å². The molecule has 5 heteroatoms. The molecule has 1 aliphatic rings. The van der Waals surface area contributed by atoms with E-state index in [-0.39, 0.29) is 11.8 Å². The molecular weight excluding hydrogens is 384 g/mol. The molecule has 0 aliphatic carbocycles. The first kappa shape index (κ1) is 20.8. The van der Waals surface area contributed by atoms with E-state index in [2.05, 4.69) is 21.7 Å². The van der Waals surface area contributed by atoms with E-state index >= 15 is 0 Å². The van der Waals surface area contributed by atoms with E-state index in [0.29, 0.717) is 11.1 Å². The first-order chi connectivity index (χ1) is 15.2. The van der Waals surface area contributed by atoms with Crippen LogP contribution in [0.2, 0.25) is 0 Å². The van der Waals surface area contributed by atoms with E-state index in [9.17, 15) is 10.1 Å². The van der Waals surface area contributed by atoms with Gasteiger partial charge in [-0.05, 0) is 61.2 Å². The summed E-state index contributed by atoms with van der Waals surface area (Å²) in [5, 5.41) is 16.2. The second-order valence-corrected chi connectivity index (χ2v) is 7.93. The van der Waals surface area contributed by atoms with Gasteiger partial charge in [-0.1, -0.05) is 42.8 Å². The molecule has 5 nitrogen and oxygen atoms in total. The zero-order valence-corrected chi connectivity index (χ0v) is 17.7. The molecule has 4 rings (SSSR count). The lowest BCUT2D eigenvalue weighted by atomic mass is 9.92. The van der Waals surface area contributed by atoms with Crippen LogP contribution < -0.4 is 10.6 Å². The predicted molar refractivity (Wildman–Crippen MR) is 123 cm³/mol. The summed E-state index contributed by atoms with van der Waals surface area (Å²) in [5.41, 5.74) is 5.17. The molecule has 0 bridgehead atoms. The molecule has 1 fully saturated rings. The fraction of sp³-hybridized carbons (Fsp3) is 0.269. The van der Waals surface area contributed by atoms with Crippen LogP contribution in [-0.4, -0.2) is 24.0 Å². The first-order valence-corrected chi connectivity index (χ1v) is 10.7. The van der Waals surface area contributed by atoms with E-state index in [1.807, 2.05) is 55.5 Å². The number of nitriles is 1. The van der Waals surface area contributed by atoms with Crippen molar-refractivity contribution < 1.29 is 4.79 Å². The predicted octanol–water partition coefficient (Wildman–Crippen LogP) is 5.04. The van der Waals surface area contributed by atoms with Crippen molar-refractivity contribution in [2.24, 2.45) is 0 Å². The Labute approximate surface area is 183 Å². The van der Waals surface area contributed by atoms with Gasteiger partial charge >= 0.3 is 0 Å². The van der Waals surface area contributed by atoms with Gasteiger partial charge in [0.05, 0.1) is 28.6 Å². The SMILES string of the molecule is Cc1c(-c2ccccc2)ccc(C#N)c1C(=O)Nc1cccnc1C1CCCCNC1. The van der Waals surface area contributed by atoms with Crippen LogP contribution >= 0.6 is 0 Å². The van der Waals surface area contributed by atoms with Crippen molar-refractivity contribution in [2.75, 3.05) is 18.4 Å². The Bertz CT molecular complexity index is 1110. The number of pyridine rings is 1. The summed E-state index contributed by atoms with van der Waals surface area (Å²) in [6.07, 6.45) is 5.11. The fourth-order valence-corrected chi connectivity index (χ4v) is 4.31. The number of benzene rings is 2. The lowest BCUT2D eigenvalue weighted by Crippen LogP contribution is -2.22. The standard InChI is InChI=1S/C26H26N4O/c1-18-22(19-8-3-2-4-9-19)13-12-20(16-27)24(18)26(31)30-23-11-7-15-29-25(23)21-10-5-6-14-28-17-21/h2-4,7-9,11-13,15,21,28H,5-6,10,14,17H2,1H3,(H,30,31). The van der Waals surface area contributed by atoms with Gasteiger partial charge in [0.15, 0.2) is 0 Å². The van der Waals surface area contributed by atoms with Crippen molar-refractivity contribution in [3.63, 3.8) is 0 Å². The van der Waals surface area contributed by atoms with Crippen LogP contribution in [0.1, 0.15) is 52.4 Å². The Morgan fingerprint density at radius 3 is 2.77 bits per heavy atom. The smallest absolute Gasteiger partial charge is 0.257 e. The number of anilines is 1. The maximum Gasteiger partial charge on any atom is 0.257 e. The van der Waals surface area contributed by atoms with Gasteiger partial charge in [-0.15, -0.1) is 0 Å². The van der Waals surface area contributed by atoms with Gasteiger partial charge in [-0.3, -0.25) is 9.78 Å². The van der Waals surface area contributed by atoms with Gasteiger partial charge in [0.1, 0.15) is 0 Å². The van der Waals surface area contributed by atoms with Crippen molar-refractivity contribution in [1.29, 1.82) is 5.26 Å². The molecule has 31 heavy (non-hydrogen) atoms. The Kier molecular flexibility index (Phi) is 6.40. The maximum absolute atomic E-state index is 13.4. The molecule has 0 spiro atoms. The van der Waals surface area contributed by atoms with Crippen LogP contribution in [0.25, 0.3) is 11.1 Å². The summed E-state index contributed by atoms with van der Waals surface area (Å²) in [4.78, 5) is 18.0. The molecule has 1 saturated heterocycles. The lowest BCUT2D eigenvalue weighted by molar-refractivity contribution is 0.102. The summed E-state index contributed by atoms with van der Waals surface area (Å²) >= 11 is 0. The van der Waals surface area contributed by atoms with Gasteiger partial charge in [-0.25, -0.2) is 0 Å². The zero-order valence-electron chi connectivity index (χ0n) is 17.7. The molecule has 1 aromatic heterocycles. The molecule has 1 unspecified atom stereocenters. The highest BCUT2D eigenvalue weighted by Crippen LogP contribution is 2.31. The number of nitrogens with one attached hydrogen (secondary N) is 2. The van der Waals surface area contributed by atoms with Gasteiger partial charge in [0, 0.05) is 18.7 Å². The first-order valence-electron chi connectivity index (χ1n) is 10.7. The highest BCUT2D eigenvalue weighted by molar-refractivity contribution is 6.08. The molecule has 1 aliphatic heterocycles. The van der Waals surface area contributed by atoms with Crippen LogP contribution in [0.4, 0.5) is 5.69 Å². The summed E-state index contributed by atoms with van der Waals surface area (Å²) in [7, 11) is 0. The minimum atomic E-state index is -0.275. The number of carbonyl (C=O) groups is 1. The van der Waals surface area contributed by atoms with Crippen molar-refractivity contribution in [1.82, 2.24) is 10.3 Å². The molecule has 2 N–H and O–H groups in total. The normalized spacial score (nSPS) is 16.2. The number of nitrogens with zero attached hydrogens (tertiary/aromatic N) is 2. The van der Waals surface area contributed by atoms with Gasteiger partial charge in [-0.2, -0.15) is 5.26 Å². The van der Waals surface area contributed by atoms with E-state index in [1.165, 1.54) is 0 Å². The molecule has 1 atom stereocenters. The monoisotopic (exact) mass is 410 g/mol. The van der Waals surface area contributed by atoms with Gasteiger partial charge in [0.25, 0.3) is 5.91 Å². The Morgan fingerprint density at radius 2 is 1.97 bits per heavy atom. The van der Waals surface area contributed by atoms with Crippen LogP contribution in [-0.2, 0) is 0 Å². The molecule has 3 aromatic rings. The zero-order chi connectivity index (χ0) is 21.6. The highest BCUT2D eigenvalue weighted by atomic mass is 16.1. The second kappa shape index (κ2) is 9.55. The maximum atomic E-state index is 13.4. The Balaban J connectivity index is 1.69. The summed E-state index contributed by atoms with van der Waals surface area (Å²) in [6.45, 7) is 3.77. The third kappa shape index (κ3) is 4.50. The van der Waals surface area contributed by atoms with Crippen molar-refractivity contribution >= 4 is 11.6 Å². The number of carbonyl (C=O) groups excluding carboxylic acids is 1. The van der Waals surface area contributed by atoms with E-state index in [4.69, 9.17) is 0 Å². The molecule has 0 saturated carbocycles. The summed E-state index contributed by atoms with van der Waals surface area (Å²) in [6, 6.07) is 19.5. The summed E-state index contributed by atoms with van der Waals surface area (Å²) < 4.78 is 0. The quantitative estimate of drug-likeness (QED) is 0.632. The number of hydrogen-bond donors (Lipinski definition) is 2. The molecule has 2 aromatic carbocycles. The van der Waals surface area contributed by atoms with Crippen molar-refractivity contribution in [3.05, 3.63) is 83.2 Å². The molecule has 1 amide bonds. The number of hydrogen-bond acceptors (Lipinski definition) is 4. The van der Waals surface area contributed by atoms with Crippen LogP contribution in [0.15, 0.2) is 60.8 Å². The molecule has 2 heterocycles. The molecular formula is C26H26N4O. The highest BCUT2D eigenvalue weighted by Gasteiger charge is 2.22. The van der Waals surface area contributed by atoms with Crippen LogP contribution in [0.5, 0.6) is 0 Å². The number of aromatic nitrogens is 1. The third-order valence-electron chi connectivity index (χ3n) is 5.92. The fourth-order valence-electron chi connectivity index (χ4n) is 4.31. The van der Waals surface area contributed by atoms with E-state index < -0.39 is 0 Å². The molecule has 0 radical (unpaired) electrons. The van der Waals surface area contributed by atoms with Crippen LogP contribution in [0, 0.1) is 18.3 Å². The van der Waals surface area contributed by atoms with E-state index in [0.717, 1.165) is 60.4 Å². The largest absolute Gasteiger partial charge is 0.320 e. The minimum Gasteiger partial charge on any atom is -0.320 e. The average Bonchev–Trinajstić information content (AvgIpc) is 3.09. The second-order valence-electron chi connectivity index (χ2n) is 7.93. The Hall–Kier alpha value is -3.49. The lowest BCUT2D eigenvalue weighted by Gasteiger charge is -2.19. The van der Waals surface area contributed by atoms with Gasteiger partial charge < -0.3 is 10.6 Å². The number of amides is 1. The van der Waals surface area contributed by atoms with Gasteiger partial charge in [0.2, 0.25) is 0 Å². The topological polar surface area (TPSA) is 77.8 Å².